The van der Waals surface area contributed by atoms with Crippen LogP contribution >= 0.6 is 0 Å². The number of halogens is 5. The van der Waals surface area contributed by atoms with Crippen molar-refractivity contribution < 1.29 is 31.5 Å². The van der Waals surface area contributed by atoms with Crippen molar-refractivity contribution in [1.82, 2.24) is 15.1 Å². The van der Waals surface area contributed by atoms with Crippen molar-refractivity contribution in [2.45, 2.75) is 25.2 Å². The summed E-state index contributed by atoms with van der Waals surface area (Å²) in [6, 6.07) is 21.4. The van der Waals surface area contributed by atoms with Crippen LogP contribution in [0.1, 0.15) is 33.2 Å². The van der Waals surface area contributed by atoms with E-state index >= 15 is 0 Å². The van der Waals surface area contributed by atoms with Crippen LogP contribution in [0.5, 0.6) is 0 Å². The number of nitrogens with zero attached hydrogens (tertiary/aromatic N) is 2. The lowest BCUT2D eigenvalue weighted by molar-refractivity contribution is -0.140. The van der Waals surface area contributed by atoms with Crippen molar-refractivity contribution in [1.29, 1.82) is 0 Å². The SMILES string of the molecule is NC(=O)c1cc(-c2ccccc2C(Cc2cccc(F)c2)NC(=O)Cn2nc(C(F)(F)F)c3ccccc32)ccc1F. The first kappa shape index (κ1) is 28.5. The minimum Gasteiger partial charge on any atom is -0.366 e. The van der Waals surface area contributed by atoms with E-state index in [1.165, 1.54) is 48.5 Å². The number of fused-ring (bicyclic) bond motifs is 1. The van der Waals surface area contributed by atoms with Gasteiger partial charge in [-0.3, -0.25) is 14.3 Å². The van der Waals surface area contributed by atoms with Gasteiger partial charge in [-0.1, -0.05) is 60.7 Å². The van der Waals surface area contributed by atoms with Crippen LogP contribution in [0.25, 0.3) is 22.0 Å². The van der Waals surface area contributed by atoms with Crippen LogP contribution in [-0.2, 0) is 23.9 Å². The molecule has 0 fully saturated rings. The fourth-order valence-corrected chi connectivity index (χ4v) is 4.92. The standard InChI is InChI=1S/C31H23F5N4O2/c32-20-7-5-6-18(14-20)15-26(22-9-2-1-8-21(22)19-12-13-25(33)24(16-19)30(37)42)38-28(41)17-40-27-11-4-3-10-23(27)29(39-40)31(34,35)36/h1-14,16,26H,15,17H2,(H2,37,42)(H,38,41). The van der Waals surface area contributed by atoms with Crippen LogP contribution in [0.3, 0.4) is 0 Å². The molecule has 1 atom stereocenters. The molecule has 2 amide bonds. The van der Waals surface area contributed by atoms with Crippen molar-refractivity contribution in [3.63, 3.8) is 0 Å². The first-order chi connectivity index (χ1) is 20.0. The van der Waals surface area contributed by atoms with Gasteiger partial charge in [0.25, 0.3) is 5.91 Å². The number of carbonyl (C=O) groups excluding carboxylic acids is 2. The van der Waals surface area contributed by atoms with Gasteiger partial charge < -0.3 is 11.1 Å². The lowest BCUT2D eigenvalue weighted by Crippen LogP contribution is -2.33. The van der Waals surface area contributed by atoms with Gasteiger partial charge in [-0.05, 0) is 59.0 Å². The van der Waals surface area contributed by atoms with E-state index in [-0.39, 0.29) is 22.9 Å². The van der Waals surface area contributed by atoms with Gasteiger partial charge in [0.15, 0.2) is 5.69 Å². The average molecular weight is 579 g/mol. The predicted molar refractivity (Wildman–Crippen MR) is 146 cm³/mol. The summed E-state index contributed by atoms with van der Waals surface area (Å²) in [6.45, 7) is -0.527. The van der Waals surface area contributed by atoms with Crippen LogP contribution < -0.4 is 11.1 Å². The molecule has 0 aliphatic rings. The van der Waals surface area contributed by atoms with E-state index in [2.05, 4.69) is 10.4 Å². The second kappa shape index (κ2) is 11.4. The molecule has 6 nitrogen and oxygen atoms in total. The summed E-state index contributed by atoms with van der Waals surface area (Å²) in [4.78, 5) is 25.1. The number of primary amides is 1. The largest absolute Gasteiger partial charge is 0.435 e. The van der Waals surface area contributed by atoms with E-state index in [0.29, 0.717) is 22.3 Å². The quantitative estimate of drug-likeness (QED) is 0.215. The number of amides is 2. The molecular weight excluding hydrogens is 555 g/mol. The molecule has 0 aliphatic heterocycles. The molecule has 5 rings (SSSR count). The highest BCUT2D eigenvalue weighted by atomic mass is 19.4. The molecule has 4 aromatic carbocycles. The molecule has 214 valence electrons. The maximum atomic E-state index is 14.2. The third kappa shape index (κ3) is 5.99. The Morgan fingerprint density at radius 2 is 1.64 bits per heavy atom. The number of carbonyl (C=O) groups is 2. The number of benzene rings is 4. The zero-order valence-corrected chi connectivity index (χ0v) is 21.8. The highest BCUT2D eigenvalue weighted by Gasteiger charge is 2.37. The van der Waals surface area contributed by atoms with Crippen LogP contribution in [0.2, 0.25) is 0 Å². The summed E-state index contributed by atoms with van der Waals surface area (Å²) in [5.41, 5.74) is 6.09. The zero-order valence-electron chi connectivity index (χ0n) is 21.8. The molecule has 3 N–H and O–H groups in total. The molecule has 0 radical (unpaired) electrons. The third-order valence-electron chi connectivity index (χ3n) is 6.76. The molecule has 1 unspecified atom stereocenters. The van der Waals surface area contributed by atoms with Gasteiger partial charge in [-0.2, -0.15) is 18.3 Å². The van der Waals surface area contributed by atoms with Gasteiger partial charge in [-0.15, -0.1) is 0 Å². The number of hydrogen-bond acceptors (Lipinski definition) is 3. The molecular formula is C31H23F5N4O2. The number of hydrogen-bond donors (Lipinski definition) is 2. The van der Waals surface area contributed by atoms with Crippen molar-refractivity contribution in [3.05, 3.63) is 125 Å². The normalized spacial score (nSPS) is 12.3. The summed E-state index contributed by atoms with van der Waals surface area (Å²) in [5.74, 6) is -2.89. The van der Waals surface area contributed by atoms with E-state index in [4.69, 9.17) is 5.73 Å². The number of aromatic nitrogens is 2. The van der Waals surface area contributed by atoms with Crippen molar-refractivity contribution in [2.24, 2.45) is 5.73 Å². The molecule has 42 heavy (non-hydrogen) atoms. The van der Waals surface area contributed by atoms with Crippen LogP contribution in [0, 0.1) is 11.6 Å². The first-order valence-corrected chi connectivity index (χ1v) is 12.8. The van der Waals surface area contributed by atoms with Crippen molar-refractivity contribution in [2.75, 3.05) is 0 Å². The summed E-state index contributed by atoms with van der Waals surface area (Å²) in [5, 5.41) is 6.39. The Kier molecular flexibility index (Phi) is 7.75. The van der Waals surface area contributed by atoms with E-state index in [0.717, 1.165) is 10.7 Å². The van der Waals surface area contributed by atoms with E-state index in [9.17, 15) is 31.5 Å². The molecule has 5 aromatic rings. The highest BCUT2D eigenvalue weighted by Crippen LogP contribution is 2.34. The number of nitrogens with two attached hydrogens (primary N) is 1. The first-order valence-electron chi connectivity index (χ1n) is 12.8. The van der Waals surface area contributed by atoms with Gasteiger partial charge in [0, 0.05) is 5.39 Å². The Balaban J connectivity index is 1.53. The maximum absolute atomic E-state index is 14.2. The van der Waals surface area contributed by atoms with E-state index in [1.54, 1.807) is 36.4 Å². The van der Waals surface area contributed by atoms with Crippen LogP contribution in [0.4, 0.5) is 22.0 Å². The fourth-order valence-electron chi connectivity index (χ4n) is 4.92. The Bertz CT molecular complexity index is 1800. The van der Waals surface area contributed by atoms with Gasteiger partial charge in [0.05, 0.1) is 17.1 Å². The van der Waals surface area contributed by atoms with E-state index < -0.39 is 47.9 Å². The molecule has 1 aromatic heterocycles. The van der Waals surface area contributed by atoms with Gasteiger partial charge in [0.1, 0.15) is 18.2 Å². The smallest absolute Gasteiger partial charge is 0.366 e. The summed E-state index contributed by atoms with van der Waals surface area (Å²) in [7, 11) is 0. The molecule has 0 saturated heterocycles. The topological polar surface area (TPSA) is 90.0 Å². The predicted octanol–water partition coefficient (Wildman–Crippen LogP) is 6.20. The van der Waals surface area contributed by atoms with Crippen LogP contribution in [-0.4, -0.2) is 21.6 Å². The molecule has 0 aliphatic carbocycles. The minimum absolute atomic E-state index is 0.109. The number of para-hydroxylation sites is 1. The number of nitrogens with one attached hydrogen (secondary N) is 1. The van der Waals surface area contributed by atoms with Gasteiger partial charge in [-0.25, -0.2) is 8.78 Å². The summed E-state index contributed by atoms with van der Waals surface area (Å²) in [6.07, 6.45) is -4.61. The lowest BCUT2D eigenvalue weighted by Gasteiger charge is -2.23. The molecule has 1 heterocycles. The van der Waals surface area contributed by atoms with Gasteiger partial charge in [0.2, 0.25) is 5.91 Å². The number of alkyl halides is 3. The van der Waals surface area contributed by atoms with Crippen molar-refractivity contribution >= 4 is 22.7 Å². The molecule has 0 bridgehead atoms. The second-order valence-electron chi connectivity index (χ2n) is 9.62. The summed E-state index contributed by atoms with van der Waals surface area (Å²) < 4.78 is 70.1. The average Bonchev–Trinajstić information content (AvgIpc) is 3.32. The lowest BCUT2D eigenvalue weighted by atomic mass is 9.90. The van der Waals surface area contributed by atoms with Crippen molar-refractivity contribution in [3.8, 4) is 11.1 Å². The Morgan fingerprint density at radius 1 is 0.905 bits per heavy atom. The van der Waals surface area contributed by atoms with Gasteiger partial charge >= 0.3 is 6.18 Å². The fraction of sp³-hybridized carbons (Fsp3) is 0.129. The van der Waals surface area contributed by atoms with E-state index in [1.807, 2.05) is 0 Å². The molecule has 0 saturated carbocycles. The minimum atomic E-state index is -4.72. The zero-order chi connectivity index (χ0) is 30.0. The second-order valence-corrected chi connectivity index (χ2v) is 9.62. The maximum Gasteiger partial charge on any atom is 0.435 e. The monoisotopic (exact) mass is 578 g/mol. The third-order valence-corrected chi connectivity index (χ3v) is 6.76. The highest BCUT2D eigenvalue weighted by molar-refractivity contribution is 5.94. The molecule has 0 spiro atoms. The molecule has 11 heteroatoms. The Morgan fingerprint density at radius 3 is 2.38 bits per heavy atom. The Hall–Kier alpha value is -5.06. The number of rotatable bonds is 8. The Labute approximate surface area is 236 Å². The summed E-state index contributed by atoms with van der Waals surface area (Å²) >= 11 is 0. The van der Waals surface area contributed by atoms with Crippen LogP contribution in [0.15, 0.2) is 91.0 Å².